The highest BCUT2D eigenvalue weighted by atomic mass is 32.2. The summed E-state index contributed by atoms with van der Waals surface area (Å²) in [5.41, 5.74) is 0.850. The molecule has 1 atom stereocenters. The summed E-state index contributed by atoms with van der Waals surface area (Å²) in [5.74, 6) is 1.19. The number of Topliss-reactive ketones (excluding diaryl/α,β-unsaturated/α-hetero) is 1. The topological polar surface area (TPSA) is 33.2 Å². The molecule has 1 aromatic rings. The largest absolute Gasteiger partial charge is 0.347 e. The molecular weight excluding hydrogens is 252 g/mol. The molecule has 0 saturated carbocycles. The number of carbonyl (C=O) groups excluding carboxylic acids is 1. The standard InChI is InChI=1S/C12H20N2OS2/c1-6-10(7-16-5)14(4)12-13-8(2)11(17-12)9(3)15/h10H,6-7H2,1-5H3. The summed E-state index contributed by atoms with van der Waals surface area (Å²) in [6.07, 6.45) is 3.20. The van der Waals surface area contributed by atoms with Crippen LogP contribution in [0.5, 0.6) is 0 Å². The lowest BCUT2D eigenvalue weighted by Crippen LogP contribution is -2.33. The Labute approximate surface area is 112 Å². The van der Waals surface area contributed by atoms with E-state index < -0.39 is 0 Å². The van der Waals surface area contributed by atoms with Gasteiger partial charge >= 0.3 is 0 Å². The number of ketones is 1. The number of thiazole rings is 1. The first kappa shape index (κ1) is 14.5. The van der Waals surface area contributed by atoms with Gasteiger partial charge in [0.2, 0.25) is 0 Å². The average Bonchev–Trinajstić information content (AvgIpc) is 2.67. The Hall–Kier alpha value is -0.550. The highest BCUT2D eigenvalue weighted by molar-refractivity contribution is 7.98. The SMILES string of the molecule is CCC(CSC)N(C)c1nc(C)c(C(C)=O)s1. The van der Waals surface area contributed by atoms with E-state index >= 15 is 0 Å². The zero-order valence-corrected chi connectivity index (χ0v) is 12.7. The first-order valence-corrected chi connectivity index (χ1v) is 7.92. The number of aryl methyl sites for hydroxylation is 1. The Morgan fingerprint density at radius 2 is 2.24 bits per heavy atom. The van der Waals surface area contributed by atoms with Crippen molar-refractivity contribution in [2.45, 2.75) is 33.2 Å². The number of thioether (sulfide) groups is 1. The Morgan fingerprint density at radius 1 is 1.59 bits per heavy atom. The summed E-state index contributed by atoms with van der Waals surface area (Å²) < 4.78 is 0. The molecule has 0 radical (unpaired) electrons. The normalized spacial score (nSPS) is 12.5. The molecule has 0 N–H and O–H groups in total. The maximum atomic E-state index is 11.4. The molecule has 1 unspecified atom stereocenters. The van der Waals surface area contributed by atoms with Crippen LogP contribution in [-0.4, -0.2) is 35.9 Å². The average molecular weight is 272 g/mol. The van der Waals surface area contributed by atoms with Crippen LogP contribution in [0.15, 0.2) is 0 Å². The molecule has 0 saturated heterocycles. The lowest BCUT2D eigenvalue weighted by Gasteiger charge is -2.26. The van der Waals surface area contributed by atoms with Crippen LogP contribution in [-0.2, 0) is 0 Å². The third-order valence-electron chi connectivity index (χ3n) is 2.78. The van der Waals surface area contributed by atoms with Crippen molar-refractivity contribution in [3.05, 3.63) is 10.6 Å². The summed E-state index contributed by atoms with van der Waals surface area (Å²) in [6, 6.07) is 0.482. The van der Waals surface area contributed by atoms with Gasteiger partial charge in [0.1, 0.15) is 0 Å². The number of aromatic nitrogens is 1. The van der Waals surface area contributed by atoms with Crippen LogP contribution in [0.2, 0.25) is 0 Å². The van der Waals surface area contributed by atoms with Crippen LogP contribution in [0.4, 0.5) is 5.13 Å². The van der Waals surface area contributed by atoms with Crippen LogP contribution in [0, 0.1) is 6.92 Å². The smallest absolute Gasteiger partial charge is 0.186 e. The fourth-order valence-electron chi connectivity index (χ4n) is 1.71. The predicted molar refractivity (Wildman–Crippen MR) is 77.7 cm³/mol. The molecule has 0 aliphatic heterocycles. The van der Waals surface area contributed by atoms with E-state index in [0.717, 1.165) is 27.9 Å². The number of hydrogen-bond acceptors (Lipinski definition) is 5. The van der Waals surface area contributed by atoms with Crippen LogP contribution >= 0.6 is 23.1 Å². The molecule has 96 valence electrons. The maximum Gasteiger partial charge on any atom is 0.186 e. The van der Waals surface area contributed by atoms with Gasteiger partial charge in [-0.15, -0.1) is 0 Å². The Kier molecular flexibility index (Phi) is 5.46. The summed E-state index contributed by atoms with van der Waals surface area (Å²) in [7, 11) is 2.06. The molecule has 0 spiro atoms. The lowest BCUT2D eigenvalue weighted by molar-refractivity contribution is 0.102. The molecule has 0 aliphatic rings. The van der Waals surface area contributed by atoms with Crippen LogP contribution in [0.1, 0.15) is 35.6 Å². The van der Waals surface area contributed by atoms with E-state index in [-0.39, 0.29) is 5.78 Å². The quantitative estimate of drug-likeness (QED) is 0.744. The minimum atomic E-state index is 0.109. The van der Waals surface area contributed by atoms with Gasteiger partial charge < -0.3 is 4.90 Å². The van der Waals surface area contributed by atoms with Crippen LogP contribution in [0.25, 0.3) is 0 Å². The molecule has 1 heterocycles. The van der Waals surface area contributed by atoms with Gasteiger partial charge in [-0.3, -0.25) is 4.79 Å². The first-order valence-electron chi connectivity index (χ1n) is 5.71. The molecule has 0 aliphatic carbocycles. The van der Waals surface area contributed by atoms with Crippen molar-refractivity contribution in [2.24, 2.45) is 0 Å². The first-order chi connectivity index (χ1) is 8.01. The molecule has 0 aromatic carbocycles. The summed E-state index contributed by atoms with van der Waals surface area (Å²) >= 11 is 3.34. The Morgan fingerprint density at radius 3 is 2.65 bits per heavy atom. The van der Waals surface area contributed by atoms with Gasteiger partial charge in [0.25, 0.3) is 0 Å². The van der Waals surface area contributed by atoms with Crippen molar-refractivity contribution < 1.29 is 4.79 Å². The van der Waals surface area contributed by atoms with Crippen molar-refractivity contribution >= 4 is 34.0 Å². The number of nitrogens with zero attached hydrogens (tertiary/aromatic N) is 2. The number of hydrogen-bond donors (Lipinski definition) is 0. The lowest BCUT2D eigenvalue weighted by atomic mass is 10.2. The minimum Gasteiger partial charge on any atom is -0.347 e. The molecule has 17 heavy (non-hydrogen) atoms. The van der Waals surface area contributed by atoms with Gasteiger partial charge in [-0.05, 0) is 19.6 Å². The van der Waals surface area contributed by atoms with Crippen molar-refractivity contribution in [2.75, 3.05) is 24.0 Å². The van der Waals surface area contributed by atoms with E-state index in [2.05, 4.69) is 30.1 Å². The second-order valence-electron chi connectivity index (χ2n) is 4.10. The zero-order chi connectivity index (χ0) is 13.0. The van der Waals surface area contributed by atoms with Gasteiger partial charge in [0.05, 0.1) is 10.6 Å². The third-order valence-corrected chi connectivity index (χ3v) is 4.85. The summed E-state index contributed by atoms with van der Waals surface area (Å²) in [5, 5.41) is 0.952. The Bertz CT molecular complexity index is 390. The van der Waals surface area contributed by atoms with Crippen molar-refractivity contribution in [3.8, 4) is 0 Å². The molecule has 5 heteroatoms. The van der Waals surface area contributed by atoms with Crippen molar-refractivity contribution in [3.63, 3.8) is 0 Å². The number of anilines is 1. The second-order valence-corrected chi connectivity index (χ2v) is 5.98. The monoisotopic (exact) mass is 272 g/mol. The predicted octanol–water partition coefficient (Wildman–Crippen LogP) is 3.23. The number of carbonyl (C=O) groups is 1. The van der Waals surface area contributed by atoms with E-state index in [1.165, 1.54) is 11.3 Å². The highest BCUT2D eigenvalue weighted by Crippen LogP contribution is 2.28. The molecule has 0 amide bonds. The van der Waals surface area contributed by atoms with E-state index in [1.54, 1.807) is 6.92 Å². The molecule has 0 fully saturated rings. The minimum absolute atomic E-state index is 0.109. The van der Waals surface area contributed by atoms with Crippen molar-refractivity contribution in [1.82, 2.24) is 4.98 Å². The van der Waals surface area contributed by atoms with E-state index in [0.29, 0.717) is 6.04 Å². The highest BCUT2D eigenvalue weighted by Gasteiger charge is 2.19. The van der Waals surface area contributed by atoms with Gasteiger partial charge in [0, 0.05) is 25.8 Å². The maximum absolute atomic E-state index is 11.4. The van der Waals surface area contributed by atoms with Crippen LogP contribution < -0.4 is 4.90 Å². The summed E-state index contributed by atoms with van der Waals surface area (Å²) in [6.45, 7) is 5.69. The van der Waals surface area contributed by atoms with Gasteiger partial charge in [-0.25, -0.2) is 4.98 Å². The fraction of sp³-hybridized carbons (Fsp3) is 0.667. The molecule has 1 rings (SSSR count). The Balaban J connectivity index is 2.91. The van der Waals surface area contributed by atoms with E-state index in [4.69, 9.17) is 0 Å². The fourth-order valence-corrected chi connectivity index (χ4v) is 3.55. The number of rotatable bonds is 6. The van der Waals surface area contributed by atoms with E-state index in [1.807, 2.05) is 18.7 Å². The summed E-state index contributed by atoms with van der Waals surface area (Å²) in [4.78, 5) is 18.9. The third kappa shape index (κ3) is 3.45. The van der Waals surface area contributed by atoms with Gasteiger partial charge in [0.15, 0.2) is 10.9 Å². The molecule has 3 nitrogen and oxygen atoms in total. The second kappa shape index (κ2) is 6.40. The zero-order valence-electron chi connectivity index (χ0n) is 11.1. The molecule has 0 bridgehead atoms. The van der Waals surface area contributed by atoms with Crippen molar-refractivity contribution in [1.29, 1.82) is 0 Å². The van der Waals surface area contributed by atoms with Crippen LogP contribution in [0.3, 0.4) is 0 Å². The molecular formula is C12H20N2OS2. The van der Waals surface area contributed by atoms with E-state index in [9.17, 15) is 4.79 Å². The van der Waals surface area contributed by atoms with Gasteiger partial charge in [-0.1, -0.05) is 18.3 Å². The molecule has 1 aromatic heterocycles. The van der Waals surface area contributed by atoms with Gasteiger partial charge in [-0.2, -0.15) is 11.8 Å².